The van der Waals surface area contributed by atoms with Crippen LogP contribution in [0.2, 0.25) is 0 Å². The molecule has 2 saturated heterocycles. The number of aliphatic hydroxyl groups excluding tert-OH is 1. The molecule has 15 nitrogen and oxygen atoms in total. The number of hydrogen-bond donors (Lipinski definition) is 2. The molecule has 17 heteroatoms. The van der Waals surface area contributed by atoms with E-state index < -0.39 is 100.0 Å². The molecule has 7 aliphatic rings. The predicted molar refractivity (Wildman–Crippen MR) is 225 cm³/mol. The second-order valence-electron chi connectivity index (χ2n) is 19.5. The van der Waals surface area contributed by atoms with Crippen molar-refractivity contribution in [1.82, 2.24) is 9.47 Å². The number of carbonyl (C=O) groups is 5. The zero-order chi connectivity index (χ0) is 45.8. The summed E-state index contributed by atoms with van der Waals surface area (Å²) in [6.07, 6.45) is 6.97. The lowest BCUT2D eigenvalue weighted by Gasteiger charge is -2.62. The van der Waals surface area contributed by atoms with E-state index in [1.54, 1.807) is 35.1 Å². The average molecular weight is 892 g/mol. The lowest BCUT2D eigenvalue weighted by molar-refractivity contribution is -0.219. The first kappa shape index (κ1) is 44.1. The lowest BCUT2D eigenvalue weighted by Crippen LogP contribution is -2.69. The number of nitrogens with zero attached hydrogens (tertiary/aromatic N) is 3. The van der Waals surface area contributed by atoms with Gasteiger partial charge in [0.2, 0.25) is 18.0 Å². The first-order valence-electron chi connectivity index (χ1n) is 22.3. The van der Waals surface area contributed by atoms with Gasteiger partial charge in [0.05, 0.1) is 30.2 Å². The van der Waals surface area contributed by atoms with Gasteiger partial charge in [0, 0.05) is 55.5 Å². The Morgan fingerprint density at radius 2 is 1.77 bits per heavy atom. The van der Waals surface area contributed by atoms with Gasteiger partial charge in [-0.1, -0.05) is 25.5 Å². The molecule has 0 spiro atoms. The van der Waals surface area contributed by atoms with Gasteiger partial charge in [0.15, 0.2) is 29.6 Å². The van der Waals surface area contributed by atoms with E-state index in [2.05, 4.69) is 0 Å². The van der Waals surface area contributed by atoms with Gasteiger partial charge in [-0.2, -0.15) is 0 Å². The summed E-state index contributed by atoms with van der Waals surface area (Å²) < 4.78 is 57.3. The largest absolute Gasteiger partial charge is 0.492 e. The van der Waals surface area contributed by atoms with E-state index in [0.717, 1.165) is 12.5 Å². The summed E-state index contributed by atoms with van der Waals surface area (Å²) in [6, 6.07) is 0.562. The number of benzene rings is 1. The van der Waals surface area contributed by atoms with E-state index in [0.29, 0.717) is 50.8 Å². The highest BCUT2D eigenvalue weighted by Gasteiger charge is 2.75. The maximum atomic E-state index is 17.7. The van der Waals surface area contributed by atoms with E-state index >= 15 is 8.78 Å². The highest BCUT2D eigenvalue weighted by molar-refractivity contribution is 6.01. The number of hydrogen-bond acceptors (Lipinski definition) is 13. The Morgan fingerprint density at radius 3 is 2.47 bits per heavy atom. The van der Waals surface area contributed by atoms with E-state index in [1.165, 1.54) is 38.5 Å². The monoisotopic (exact) mass is 891 g/mol. The molecule has 2 N–H and O–H groups in total. The molecule has 0 bridgehead atoms. The van der Waals surface area contributed by atoms with Crippen LogP contribution in [0, 0.1) is 40.3 Å². The maximum absolute atomic E-state index is 17.7. The standard InChI is InChI=1S/C47H55F2N3O12/c1-24-15-33-32-11-8-27-16-29(54)12-13-44(27,3)46(32,49)36(55)18-45(33,4)47(24,60)37(56)22-62-42(58)31-20-52(28-9-10-28)38-30(40(31)57)17-34(48)39(41(38)61-5)50-19-26-7-6-14-51(35(26)21-50)43(59)64-23-63-25(2)53/h12-13,16-17,20,24,26,28,32-33,35-36,55,60H,6-11,14-15,18-19,21-23H2,1-5H3/t24-,26?,32+,33+,35?,36+,44+,45+,46+,47+/m0/s1. The number of piperidine rings is 1. The van der Waals surface area contributed by atoms with Crippen LogP contribution in [0.15, 0.2) is 40.9 Å². The Hall–Kier alpha value is -5.16. The van der Waals surface area contributed by atoms with E-state index in [4.69, 9.17) is 18.9 Å². The van der Waals surface area contributed by atoms with Crippen LogP contribution >= 0.6 is 0 Å². The van der Waals surface area contributed by atoms with Crippen molar-refractivity contribution in [3.8, 4) is 5.75 Å². The number of likely N-dealkylation sites (tertiary alicyclic amines) is 1. The van der Waals surface area contributed by atoms with E-state index in [9.17, 15) is 39.0 Å². The number of esters is 2. The summed E-state index contributed by atoms with van der Waals surface area (Å²) in [4.78, 5) is 82.2. The van der Waals surface area contributed by atoms with Gasteiger partial charge >= 0.3 is 18.0 Å². The number of alkyl halides is 1. The van der Waals surface area contributed by atoms with Crippen LogP contribution < -0.4 is 15.1 Å². The van der Waals surface area contributed by atoms with Crippen LogP contribution in [0.25, 0.3) is 10.9 Å². The summed E-state index contributed by atoms with van der Waals surface area (Å²) in [7, 11) is 1.37. The van der Waals surface area contributed by atoms with Crippen molar-refractivity contribution in [2.24, 2.45) is 34.5 Å². The number of ether oxygens (including phenoxy) is 4. The molecule has 9 rings (SSSR count). The lowest BCUT2D eigenvalue weighted by atomic mass is 9.44. The average Bonchev–Trinajstić information content (AvgIpc) is 3.97. The number of methoxy groups -OCH3 is 1. The van der Waals surface area contributed by atoms with Gasteiger partial charge in [-0.3, -0.25) is 19.2 Å². The third-order valence-electron chi connectivity index (χ3n) is 16.3. The van der Waals surface area contributed by atoms with Gasteiger partial charge < -0.3 is 43.5 Å². The SMILES string of the molecule is COc1c(N2CC3CCCN(C(=O)OCOC(C)=O)C3C2)c(F)cc2c(=O)c(C(=O)OCC(=O)[C@]3(O)[C@@H](C)C[C@@H]4[C@H]5CCC6=CC(=O)C=C[C@@]6(C)[C@]5(F)[C@H](O)C[C@]43C)cn(C3CC3)c12. The second-order valence-corrected chi connectivity index (χ2v) is 19.5. The number of carbonyl (C=O) groups excluding carboxylic acids is 5. The van der Waals surface area contributed by atoms with Crippen molar-refractivity contribution in [3.63, 3.8) is 0 Å². The molecule has 2 aromatic rings. The minimum Gasteiger partial charge on any atom is -0.492 e. The van der Waals surface area contributed by atoms with Crippen molar-refractivity contribution in [2.45, 2.75) is 109 Å². The summed E-state index contributed by atoms with van der Waals surface area (Å²) in [5.41, 5.74) is -7.18. The molecule has 1 amide bonds. The Balaban J connectivity index is 0.968. The molecule has 3 heterocycles. The van der Waals surface area contributed by atoms with Crippen molar-refractivity contribution >= 4 is 46.2 Å². The smallest absolute Gasteiger partial charge is 0.412 e. The molecule has 2 aliphatic heterocycles. The maximum Gasteiger partial charge on any atom is 0.412 e. The number of rotatable bonds is 9. The molecule has 1 aromatic heterocycles. The van der Waals surface area contributed by atoms with Gasteiger partial charge in [-0.25, -0.2) is 18.4 Å². The van der Waals surface area contributed by atoms with Crippen molar-refractivity contribution in [3.05, 3.63) is 57.7 Å². The third-order valence-corrected chi connectivity index (χ3v) is 16.3. The molecule has 0 radical (unpaired) electrons. The molecular weight excluding hydrogens is 837 g/mol. The predicted octanol–water partition coefficient (Wildman–Crippen LogP) is 5.12. The number of halogens is 2. The molecule has 4 saturated carbocycles. The minimum absolute atomic E-state index is 0.0390. The molecule has 2 unspecified atom stereocenters. The number of Topliss-reactive ketones (excluding diaryl/α,β-unsaturated/α-hetero) is 1. The van der Waals surface area contributed by atoms with Crippen molar-refractivity contribution < 1.29 is 61.9 Å². The molecular formula is C47H55F2N3O12. The number of allylic oxidation sites excluding steroid dienone is 4. The second kappa shape index (κ2) is 15.5. The number of aliphatic hydroxyl groups is 2. The number of pyridine rings is 1. The Morgan fingerprint density at radius 1 is 1.02 bits per heavy atom. The van der Waals surface area contributed by atoms with E-state index in [1.807, 2.05) is 0 Å². The summed E-state index contributed by atoms with van der Waals surface area (Å²) >= 11 is 0. The van der Waals surface area contributed by atoms with Gasteiger partial charge in [-0.05, 0) is 94.3 Å². The minimum atomic E-state index is -2.17. The Labute approximate surface area is 368 Å². The van der Waals surface area contributed by atoms with Crippen LogP contribution in [0.4, 0.5) is 19.3 Å². The summed E-state index contributed by atoms with van der Waals surface area (Å²) in [6.45, 7) is 5.83. The zero-order valence-electron chi connectivity index (χ0n) is 36.7. The first-order valence-corrected chi connectivity index (χ1v) is 22.3. The topological polar surface area (TPSA) is 191 Å². The number of aromatic nitrogens is 1. The quantitative estimate of drug-likeness (QED) is 0.250. The molecule has 5 aliphatic carbocycles. The fraction of sp³-hybridized carbons (Fsp3) is 0.617. The molecule has 6 fully saturated rings. The highest BCUT2D eigenvalue weighted by Crippen LogP contribution is 2.70. The van der Waals surface area contributed by atoms with Crippen LogP contribution in [0.1, 0.15) is 95.5 Å². The molecule has 1 aromatic carbocycles. The highest BCUT2D eigenvalue weighted by atomic mass is 19.1. The summed E-state index contributed by atoms with van der Waals surface area (Å²) in [5, 5.41) is 24.1. The number of amides is 1. The van der Waals surface area contributed by atoms with Gasteiger partial charge in [-0.15, -0.1) is 0 Å². The van der Waals surface area contributed by atoms with E-state index in [-0.39, 0.29) is 65.5 Å². The summed E-state index contributed by atoms with van der Waals surface area (Å²) in [5.74, 6) is -5.57. The first-order chi connectivity index (χ1) is 30.3. The number of fused-ring (bicyclic) bond motifs is 7. The molecule has 64 heavy (non-hydrogen) atoms. The van der Waals surface area contributed by atoms with Gasteiger partial charge in [0.25, 0.3) is 0 Å². The number of anilines is 1. The Kier molecular flexibility index (Phi) is 10.7. The zero-order valence-corrected chi connectivity index (χ0v) is 36.7. The molecule has 10 atom stereocenters. The van der Waals surface area contributed by atoms with Crippen LogP contribution in [-0.4, -0.2) is 113 Å². The molecule has 344 valence electrons. The fourth-order valence-corrected chi connectivity index (χ4v) is 13.0. The normalized spacial score (nSPS) is 35.2. The number of ketones is 2. The van der Waals surface area contributed by atoms with Crippen LogP contribution in [-0.2, 0) is 28.6 Å². The van der Waals surface area contributed by atoms with Crippen LogP contribution in [0.5, 0.6) is 5.75 Å². The Bertz CT molecular complexity index is 2480. The van der Waals surface area contributed by atoms with Crippen molar-refractivity contribution in [2.75, 3.05) is 45.0 Å². The third kappa shape index (κ3) is 6.37. The van der Waals surface area contributed by atoms with Crippen molar-refractivity contribution in [1.29, 1.82) is 0 Å². The van der Waals surface area contributed by atoms with Crippen LogP contribution in [0.3, 0.4) is 0 Å². The fourth-order valence-electron chi connectivity index (χ4n) is 13.0. The van der Waals surface area contributed by atoms with Gasteiger partial charge in [0.1, 0.15) is 16.9 Å².